The summed E-state index contributed by atoms with van der Waals surface area (Å²) in [7, 11) is -3.38. The van der Waals surface area contributed by atoms with Gasteiger partial charge in [0, 0.05) is 41.4 Å². The quantitative estimate of drug-likeness (QED) is 0.494. The average Bonchev–Trinajstić information content (AvgIpc) is 3.18. The summed E-state index contributed by atoms with van der Waals surface area (Å²) in [6.45, 7) is 0.383. The highest BCUT2D eigenvalue weighted by atomic mass is 32.2. The van der Waals surface area contributed by atoms with Crippen LogP contribution in [-0.2, 0) is 9.84 Å². The van der Waals surface area contributed by atoms with Gasteiger partial charge in [0.1, 0.15) is 0 Å². The Kier molecular flexibility index (Phi) is 5.42. The van der Waals surface area contributed by atoms with Crippen LogP contribution in [0.25, 0.3) is 10.9 Å². The minimum absolute atomic E-state index is 0.0515. The SMILES string of the molecule is CS(=O)(=O)c1cccc(C(=O)NCC(c2ccccc2)c2c[nH]c3ccccc23)c1. The molecule has 1 heterocycles. The molecule has 1 aromatic heterocycles. The van der Waals surface area contributed by atoms with Crippen LogP contribution in [0.5, 0.6) is 0 Å². The Balaban J connectivity index is 1.63. The third-order valence-electron chi connectivity index (χ3n) is 5.19. The van der Waals surface area contributed by atoms with E-state index < -0.39 is 9.84 Å². The smallest absolute Gasteiger partial charge is 0.251 e. The van der Waals surface area contributed by atoms with Gasteiger partial charge in [0.25, 0.3) is 5.91 Å². The molecule has 0 saturated carbocycles. The van der Waals surface area contributed by atoms with Crippen molar-refractivity contribution in [2.75, 3.05) is 12.8 Å². The molecule has 0 aliphatic carbocycles. The molecule has 0 aliphatic rings. The number of sulfone groups is 1. The molecule has 4 aromatic rings. The number of fused-ring (bicyclic) bond motifs is 1. The summed E-state index contributed by atoms with van der Waals surface area (Å²) >= 11 is 0. The fourth-order valence-corrected chi connectivity index (χ4v) is 4.31. The summed E-state index contributed by atoms with van der Waals surface area (Å²) in [5.41, 5.74) is 3.55. The predicted molar refractivity (Wildman–Crippen MR) is 118 cm³/mol. The molecule has 4 rings (SSSR count). The summed E-state index contributed by atoms with van der Waals surface area (Å²) in [5, 5.41) is 4.09. The number of hydrogen-bond donors (Lipinski definition) is 2. The standard InChI is InChI=1S/C24H22N2O3S/c1-30(28,29)19-11-7-10-18(14-19)24(27)26-15-21(17-8-3-2-4-9-17)22-16-25-23-13-6-5-12-20(22)23/h2-14,16,21,25H,15H2,1H3,(H,26,27). The fraction of sp³-hybridized carbons (Fsp3) is 0.125. The summed E-state index contributed by atoms with van der Waals surface area (Å²) < 4.78 is 23.6. The van der Waals surface area contributed by atoms with E-state index >= 15 is 0 Å². The van der Waals surface area contributed by atoms with Gasteiger partial charge < -0.3 is 10.3 Å². The number of carbonyl (C=O) groups excluding carboxylic acids is 1. The third kappa shape index (κ3) is 4.14. The number of benzene rings is 3. The highest BCUT2D eigenvalue weighted by molar-refractivity contribution is 7.90. The Bertz CT molecular complexity index is 1290. The van der Waals surface area contributed by atoms with Gasteiger partial charge in [-0.25, -0.2) is 8.42 Å². The summed E-state index contributed by atoms with van der Waals surface area (Å²) in [6, 6.07) is 24.2. The number of amides is 1. The van der Waals surface area contributed by atoms with Gasteiger partial charge in [-0.2, -0.15) is 0 Å². The van der Waals surface area contributed by atoms with Crippen LogP contribution in [0.1, 0.15) is 27.4 Å². The van der Waals surface area contributed by atoms with Crippen molar-refractivity contribution in [2.24, 2.45) is 0 Å². The van der Waals surface area contributed by atoms with Crippen molar-refractivity contribution in [3.63, 3.8) is 0 Å². The van der Waals surface area contributed by atoms with Crippen LogP contribution >= 0.6 is 0 Å². The van der Waals surface area contributed by atoms with Gasteiger partial charge in [0.2, 0.25) is 0 Å². The van der Waals surface area contributed by atoms with Crippen LogP contribution in [0.2, 0.25) is 0 Å². The summed E-state index contributed by atoms with van der Waals surface area (Å²) in [5.74, 6) is -0.356. The Morgan fingerprint density at radius 2 is 1.70 bits per heavy atom. The zero-order valence-corrected chi connectivity index (χ0v) is 17.3. The van der Waals surface area contributed by atoms with E-state index in [0.29, 0.717) is 12.1 Å². The number of para-hydroxylation sites is 1. The maximum atomic E-state index is 12.8. The molecular weight excluding hydrogens is 396 g/mol. The molecular formula is C24H22N2O3S. The van der Waals surface area contributed by atoms with Crippen LogP contribution < -0.4 is 5.32 Å². The number of rotatable bonds is 6. The Morgan fingerprint density at radius 1 is 0.967 bits per heavy atom. The molecule has 152 valence electrons. The van der Waals surface area contributed by atoms with Gasteiger partial charge in [0.15, 0.2) is 9.84 Å². The molecule has 1 atom stereocenters. The Morgan fingerprint density at radius 3 is 2.47 bits per heavy atom. The number of nitrogens with one attached hydrogen (secondary N) is 2. The van der Waals surface area contributed by atoms with Crippen molar-refractivity contribution in [1.82, 2.24) is 10.3 Å². The molecule has 0 saturated heterocycles. The molecule has 0 aliphatic heterocycles. The largest absolute Gasteiger partial charge is 0.361 e. The molecule has 2 N–H and O–H groups in total. The molecule has 0 radical (unpaired) electrons. The number of H-pyrrole nitrogens is 1. The zero-order valence-electron chi connectivity index (χ0n) is 16.5. The second-order valence-corrected chi connectivity index (χ2v) is 9.28. The van der Waals surface area contributed by atoms with E-state index in [9.17, 15) is 13.2 Å². The van der Waals surface area contributed by atoms with E-state index in [-0.39, 0.29) is 16.7 Å². The first kappa shape index (κ1) is 19.9. The Labute approximate surface area is 175 Å². The van der Waals surface area contributed by atoms with Crippen molar-refractivity contribution in [2.45, 2.75) is 10.8 Å². The fourth-order valence-electron chi connectivity index (χ4n) is 3.64. The van der Waals surface area contributed by atoms with E-state index in [1.54, 1.807) is 12.1 Å². The lowest BCUT2D eigenvalue weighted by Crippen LogP contribution is -2.29. The molecule has 30 heavy (non-hydrogen) atoms. The Hall–Kier alpha value is -3.38. The molecule has 1 unspecified atom stereocenters. The first-order valence-corrected chi connectivity index (χ1v) is 11.5. The predicted octanol–water partition coefficient (Wildman–Crippen LogP) is 4.13. The van der Waals surface area contributed by atoms with Crippen molar-refractivity contribution in [3.8, 4) is 0 Å². The highest BCUT2D eigenvalue weighted by Crippen LogP contribution is 2.30. The third-order valence-corrected chi connectivity index (χ3v) is 6.30. The van der Waals surface area contributed by atoms with E-state index in [2.05, 4.69) is 16.4 Å². The topological polar surface area (TPSA) is 79.0 Å². The van der Waals surface area contributed by atoms with E-state index in [0.717, 1.165) is 28.3 Å². The van der Waals surface area contributed by atoms with Gasteiger partial charge >= 0.3 is 0 Å². The van der Waals surface area contributed by atoms with Crippen molar-refractivity contribution in [1.29, 1.82) is 0 Å². The monoisotopic (exact) mass is 418 g/mol. The zero-order chi connectivity index (χ0) is 21.1. The molecule has 0 spiro atoms. The number of aromatic nitrogens is 1. The molecule has 0 bridgehead atoms. The van der Waals surface area contributed by atoms with Gasteiger partial charge in [-0.3, -0.25) is 4.79 Å². The second kappa shape index (κ2) is 8.16. The lowest BCUT2D eigenvalue weighted by atomic mass is 9.91. The molecule has 0 fully saturated rings. The van der Waals surface area contributed by atoms with Crippen LogP contribution in [0.15, 0.2) is 90.0 Å². The van der Waals surface area contributed by atoms with Gasteiger partial charge in [-0.15, -0.1) is 0 Å². The first-order chi connectivity index (χ1) is 14.4. The lowest BCUT2D eigenvalue weighted by molar-refractivity contribution is 0.0952. The minimum atomic E-state index is -3.38. The first-order valence-electron chi connectivity index (χ1n) is 9.63. The maximum absolute atomic E-state index is 12.8. The van der Waals surface area contributed by atoms with Crippen LogP contribution in [0.3, 0.4) is 0 Å². The van der Waals surface area contributed by atoms with Gasteiger partial charge in [0.05, 0.1) is 4.90 Å². The highest BCUT2D eigenvalue weighted by Gasteiger charge is 2.20. The van der Waals surface area contributed by atoms with E-state index in [1.165, 1.54) is 12.1 Å². The summed E-state index contributed by atoms with van der Waals surface area (Å²) in [6.07, 6.45) is 3.12. The lowest BCUT2D eigenvalue weighted by Gasteiger charge is -2.18. The molecule has 3 aromatic carbocycles. The molecule has 5 nitrogen and oxygen atoms in total. The van der Waals surface area contributed by atoms with Crippen LogP contribution in [0, 0.1) is 0 Å². The minimum Gasteiger partial charge on any atom is -0.361 e. The summed E-state index contributed by atoms with van der Waals surface area (Å²) in [4.78, 5) is 16.2. The van der Waals surface area contributed by atoms with Crippen molar-refractivity contribution in [3.05, 3.63) is 102 Å². The molecule has 6 heteroatoms. The van der Waals surface area contributed by atoms with E-state index in [1.807, 2.05) is 54.7 Å². The van der Waals surface area contributed by atoms with Gasteiger partial charge in [-0.05, 0) is 35.4 Å². The van der Waals surface area contributed by atoms with Crippen LogP contribution in [-0.4, -0.2) is 32.1 Å². The normalized spacial score (nSPS) is 12.6. The molecule has 1 amide bonds. The van der Waals surface area contributed by atoms with Crippen LogP contribution in [0.4, 0.5) is 0 Å². The van der Waals surface area contributed by atoms with Crippen molar-refractivity contribution < 1.29 is 13.2 Å². The number of hydrogen-bond acceptors (Lipinski definition) is 3. The average molecular weight is 419 g/mol. The van der Waals surface area contributed by atoms with Gasteiger partial charge in [-0.1, -0.05) is 54.6 Å². The number of carbonyl (C=O) groups is 1. The maximum Gasteiger partial charge on any atom is 0.251 e. The second-order valence-electron chi connectivity index (χ2n) is 7.26. The number of aromatic amines is 1. The van der Waals surface area contributed by atoms with E-state index in [4.69, 9.17) is 0 Å². The van der Waals surface area contributed by atoms with Crippen molar-refractivity contribution >= 4 is 26.6 Å².